The normalized spacial score (nSPS) is 12.6. The molecule has 0 saturated heterocycles. The maximum absolute atomic E-state index is 11.7. The second-order valence-electron chi connectivity index (χ2n) is 3.26. The van der Waals surface area contributed by atoms with Crippen molar-refractivity contribution in [3.8, 4) is 0 Å². The van der Waals surface area contributed by atoms with Gasteiger partial charge in [0, 0.05) is 26.7 Å². The van der Waals surface area contributed by atoms with Crippen LogP contribution in [-0.4, -0.2) is 41.2 Å². The quantitative estimate of drug-likeness (QED) is 0.376. The van der Waals surface area contributed by atoms with Crippen LogP contribution in [0.2, 0.25) is 0 Å². The summed E-state index contributed by atoms with van der Waals surface area (Å²) in [7, 11) is -3.25. The zero-order valence-electron chi connectivity index (χ0n) is 11.9. The molecule has 19 heavy (non-hydrogen) atoms. The Morgan fingerprint density at radius 1 is 1.21 bits per heavy atom. The van der Waals surface area contributed by atoms with E-state index in [0.29, 0.717) is 19.8 Å². The Hall–Kier alpha value is -1.09. The van der Waals surface area contributed by atoms with Crippen molar-refractivity contribution in [2.75, 3.05) is 19.8 Å². The summed E-state index contributed by atoms with van der Waals surface area (Å²) in [5.41, 5.74) is 0. The Labute approximate surface area is 115 Å². The number of rotatable bonds is 10. The van der Waals surface area contributed by atoms with Crippen LogP contribution in [0.1, 0.15) is 27.7 Å². The zero-order chi connectivity index (χ0) is 14.7. The molecule has 0 radical (unpaired) electrons. The van der Waals surface area contributed by atoms with E-state index in [1.807, 2.05) is 0 Å². The minimum Gasteiger partial charge on any atom is -0.463 e. The third-order valence-corrected chi connectivity index (χ3v) is 4.34. The lowest BCUT2D eigenvalue weighted by Gasteiger charge is -2.27. The van der Waals surface area contributed by atoms with Gasteiger partial charge >= 0.3 is 15.1 Å². The summed E-state index contributed by atoms with van der Waals surface area (Å²) in [6.45, 7) is 11.4. The van der Waals surface area contributed by atoms with E-state index < -0.39 is 21.3 Å². The van der Waals surface area contributed by atoms with Gasteiger partial charge in [-0.05, 0) is 20.8 Å². The molecule has 7 nitrogen and oxygen atoms in total. The predicted molar refractivity (Wildman–Crippen MR) is 71.0 cm³/mol. The van der Waals surface area contributed by atoms with Gasteiger partial charge in [-0.2, -0.15) is 0 Å². The zero-order valence-corrected chi connectivity index (χ0v) is 12.9. The largest absolute Gasteiger partial charge is 0.636 e. The minimum atomic E-state index is -3.25. The van der Waals surface area contributed by atoms with Gasteiger partial charge in [0.25, 0.3) is 0 Å². The first kappa shape index (κ1) is 17.9. The van der Waals surface area contributed by atoms with Gasteiger partial charge in [-0.1, -0.05) is 6.58 Å². The number of carbonyl (C=O) groups is 1. The molecule has 0 aromatic heterocycles. The Bertz CT molecular complexity index is 259. The summed E-state index contributed by atoms with van der Waals surface area (Å²) in [6.07, 6.45) is -0.290. The first-order valence-electron chi connectivity index (χ1n) is 6.20. The lowest BCUT2D eigenvalue weighted by atomic mass is 10.7. The molecule has 0 heterocycles. The van der Waals surface area contributed by atoms with Crippen LogP contribution in [-0.2, 0) is 22.8 Å². The van der Waals surface area contributed by atoms with Gasteiger partial charge in [-0.25, -0.2) is 4.79 Å². The van der Waals surface area contributed by atoms with Gasteiger partial charge in [-0.15, -0.1) is 0 Å². The van der Waals surface area contributed by atoms with Crippen LogP contribution < -0.4 is 4.98 Å². The van der Waals surface area contributed by atoms with Gasteiger partial charge in [0.1, 0.15) is 0 Å². The molecule has 0 saturated carbocycles. The Morgan fingerprint density at radius 3 is 2.05 bits per heavy atom. The first-order valence-corrected chi connectivity index (χ1v) is 7.93. The number of nitrogens with one attached hydrogen (secondary N) is 1. The van der Waals surface area contributed by atoms with E-state index in [0.717, 1.165) is 0 Å². The van der Waals surface area contributed by atoms with Crippen LogP contribution in [0.25, 0.3) is 0 Å². The molecule has 1 unspecified atom stereocenters. The molecule has 8 heteroatoms. The molecule has 1 amide bonds. The highest BCUT2D eigenvalue weighted by Crippen LogP contribution is 2.07. The van der Waals surface area contributed by atoms with Crippen LogP contribution in [0.3, 0.4) is 0 Å². The standard InChI is InChI=1S/C11H23NO6Si/c1-6-14-10(5)18-11(13)12-19(15-7-2,16-8-3)17-9-4/h6,10H,1,7-9H2,2-5H3,(H,12,13). The lowest BCUT2D eigenvalue weighted by Crippen LogP contribution is -2.61. The lowest BCUT2D eigenvalue weighted by molar-refractivity contribution is -0.0481. The van der Waals surface area contributed by atoms with Crippen molar-refractivity contribution in [2.24, 2.45) is 0 Å². The molecule has 0 bridgehead atoms. The Morgan fingerprint density at radius 2 is 1.68 bits per heavy atom. The van der Waals surface area contributed by atoms with Crippen LogP contribution in [0, 0.1) is 0 Å². The maximum atomic E-state index is 11.7. The van der Waals surface area contributed by atoms with Crippen LogP contribution >= 0.6 is 0 Å². The smallest absolute Gasteiger partial charge is 0.463 e. The average molecular weight is 293 g/mol. The van der Waals surface area contributed by atoms with Gasteiger partial charge in [0.05, 0.1) is 6.26 Å². The van der Waals surface area contributed by atoms with Gasteiger partial charge in [0.15, 0.2) is 0 Å². The molecule has 0 aliphatic rings. The van der Waals surface area contributed by atoms with Crippen LogP contribution in [0.5, 0.6) is 0 Å². The van der Waals surface area contributed by atoms with Gasteiger partial charge in [0.2, 0.25) is 6.29 Å². The van der Waals surface area contributed by atoms with E-state index in [4.69, 9.17) is 22.8 Å². The topological polar surface area (TPSA) is 75.3 Å². The van der Waals surface area contributed by atoms with Gasteiger partial charge in [-0.3, -0.25) is 4.98 Å². The number of hydrogen-bond donors (Lipinski definition) is 1. The number of amides is 1. The molecule has 0 aromatic carbocycles. The molecule has 1 N–H and O–H groups in total. The van der Waals surface area contributed by atoms with E-state index in [9.17, 15) is 4.79 Å². The SMILES string of the molecule is C=COC(C)OC(=O)N[Si](OCC)(OCC)OCC. The third-order valence-electron chi connectivity index (χ3n) is 1.82. The minimum absolute atomic E-state index is 0.352. The van der Waals surface area contributed by atoms with Crippen molar-refractivity contribution >= 4 is 15.1 Å². The number of carbonyl (C=O) groups excluding carboxylic acids is 1. The molecule has 0 spiro atoms. The molecule has 1 atom stereocenters. The maximum Gasteiger partial charge on any atom is 0.636 e. The fraction of sp³-hybridized carbons (Fsp3) is 0.727. The molecular formula is C11H23NO6Si. The van der Waals surface area contributed by atoms with E-state index in [-0.39, 0.29) is 0 Å². The molecular weight excluding hydrogens is 270 g/mol. The fourth-order valence-corrected chi connectivity index (χ4v) is 3.19. The van der Waals surface area contributed by atoms with E-state index in [1.165, 1.54) is 6.26 Å². The summed E-state index contributed by atoms with van der Waals surface area (Å²) in [5, 5.41) is 0. The van der Waals surface area contributed by atoms with Crippen molar-refractivity contribution in [1.82, 2.24) is 4.98 Å². The predicted octanol–water partition coefficient (Wildman–Crippen LogP) is 1.76. The van der Waals surface area contributed by atoms with E-state index >= 15 is 0 Å². The third kappa shape index (κ3) is 7.16. The Kier molecular flexibility index (Phi) is 9.22. The van der Waals surface area contributed by atoms with Crippen molar-refractivity contribution < 1.29 is 27.5 Å². The summed E-state index contributed by atoms with van der Waals surface area (Å²) in [4.78, 5) is 14.2. The summed E-state index contributed by atoms with van der Waals surface area (Å²) in [5.74, 6) is 0. The highest BCUT2D eigenvalue weighted by atomic mass is 28.4. The second-order valence-corrected chi connectivity index (χ2v) is 5.48. The average Bonchev–Trinajstić information content (AvgIpc) is 2.29. The van der Waals surface area contributed by atoms with Crippen LogP contribution in [0.4, 0.5) is 4.79 Å². The highest BCUT2D eigenvalue weighted by molar-refractivity contribution is 6.60. The summed E-state index contributed by atoms with van der Waals surface area (Å²) < 4.78 is 26.1. The molecule has 0 aliphatic heterocycles. The number of hydrogen-bond acceptors (Lipinski definition) is 6. The summed E-state index contributed by atoms with van der Waals surface area (Å²) >= 11 is 0. The highest BCUT2D eigenvalue weighted by Gasteiger charge is 2.45. The van der Waals surface area contributed by atoms with Crippen molar-refractivity contribution in [1.29, 1.82) is 0 Å². The molecule has 0 aliphatic carbocycles. The van der Waals surface area contributed by atoms with Crippen molar-refractivity contribution in [2.45, 2.75) is 34.0 Å². The molecule has 0 fully saturated rings. The molecule has 0 rings (SSSR count). The van der Waals surface area contributed by atoms with Gasteiger partial charge < -0.3 is 22.8 Å². The summed E-state index contributed by atoms with van der Waals surface area (Å²) in [6, 6.07) is 0. The van der Waals surface area contributed by atoms with E-state index in [1.54, 1.807) is 27.7 Å². The second kappa shape index (κ2) is 9.79. The first-order chi connectivity index (χ1) is 9.03. The molecule has 112 valence electrons. The fourth-order valence-electron chi connectivity index (χ4n) is 1.27. The molecule has 0 aromatic rings. The number of ether oxygens (including phenoxy) is 2. The van der Waals surface area contributed by atoms with E-state index in [2.05, 4.69) is 11.6 Å². The van der Waals surface area contributed by atoms with Crippen LogP contribution in [0.15, 0.2) is 12.8 Å². The Balaban J connectivity index is 4.59. The van der Waals surface area contributed by atoms with Crippen molar-refractivity contribution in [3.63, 3.8) is 0 Å². The monoisotopic (exact) mass is 293 g/mol. The van der Waals surface area contributed by atoms with Crippen molar-refractivity contribution in [3.05, 3.63) is 12.8 Å².